The second kappa shape index (κ2) is 12.8. The molecule has 0 aromatic heterocycles. The number of rotatable bonds is 3. The molecule has 0 amide bonds. The van der Waals surface area contributed by atoms with Crippen LogP contribution in [-0.4, -0.2) is 6.21 Å². The Labute approximate surface area is 202 Å². The quantitative estimate of drug-likeness (QED) is 0.269. The van der Waals surface area contributed by atoms with Crippen LogP contribution >= 0.6 is 25.5 Å². The maximum atomic E-state index is 5.00. The second-order valence-electron chi connectivity index (χ2n) is 8.30. The van der Waals surface area contributed by atoms with Crippen molar-refractivity contribution in [3.8, 4) is 0 Å². The van der Waals surface area contributed by atoms with Gasteiger partial charge in [-0.25, -0.2) is 0 Å². The third-order valence-electron chi connectivity index (χ3n) is 6.75. The summed E-state index contributed by atoms with van der Waals surface area (Å²) in [5.41, 5.74) is 6.31. The molecule has 1 aliphatic rings. The summed E-state index contributed by atoms with van der Waals surface area (Å²) < 4.78 is 0. The average molecular weight is 546 g/mol. The first-order valence-electron chi connectivity index (χ1n) is 10.2. The Balaban J connectivity index is 0.000000827. The molecule has 5 heteroatoms. The summed E-state index contributed by atoms with van der Waals surface area (Å²) in [6, 6.07) is 15.2. The van der Waals surface area contributed by atoms with Gasteiger partial charge in [-0.15, -0.1) is 0 Å². The zero-order valence-corrected chi connectivity index (χ0v) is 23.8. The van der Waals surface area contributed by atoms with E-state index in [0.717, 1.165) is 17.5 Å². The van der Waals surface area contributed by atoms with E-state index < -0.39 is 18.2 Å². The van der Waals surface area contributed by atoms with E-state index in [4.69, 9.17) is 30.5 Å². The molecule has 2 aromatic rings. The minimum absolute atomic E-state index is 0. The van der Waals surface area contributed by atoms with Gasteiger partial charge in [0.05, 0.1) is 5.69 Å². The molecule has 0 bridgehead atoms. The standard InChI is InChI=1S/C24H31N.CH3.3ClH.Zr/c1-15-10-9-11-16(2)24(15)25-14-21-12-7-8-13-22(21)23-19(5)17(3)18(4)20(23)6;;;;;/h7-14,17-20,23H,1-6H3;1H3;3*1H;/q;-1;;;;+3/p-3. The van der Waals surface area contributed by atoms with E-state index in [-0.39, 0.29) is 7.43 Å². The van der Waals surface area contributed by atoms with Crippen LogP contribution in [-0.2, 0) is 18.2 Å². The Hall–Kier alpha value is -0.137. The molecule has 1 fully saturated rings. The van der Waals surface area contributed by atoms with Crippen LogP contribution in [0.5, 0.6) is 0 Å². The number of nitrogens with zero attached hydrogens (tertiary/aromatic N) is 1. The van der Waals surface area contributed by atoms with E-state index in [1.54, 1.807) is 0 Å². The zero-order chi connectivity index (χ0) is 21.7. The zero-order valence-electron chi connectivity index (χ0n) is 19.1. The van der Waals surface area contributed by atoms with Crippen molar-refractivity contribution >= 4 is 37.4 Å². The van der Waals surface area contributed by atoms with Crippen LogP contribution in [0.3, 0.4) is 0 Å². The number of benzene rings is 2. The molecular weight excluding hydrogens is 512 g/mol. The molecular formula is C25H34Cl3NZr-. The predicted octanol–water partition coefficient (Wildman–Crippen LogP) is 9.21. The van der Waals surface area contributed by atoms with E-state index in [9.17, 15) is 0 Å². The topological polar surface area (TPSA) is 12.4 Å². The third-order valence-corrected chi connectivity index (χ3v) is 6.75. The van der Waals surface area contributed by atoms with Crippen molar-refractivity contribution < 1.29 is 18.2 Å². The number of para-hydroxylation sites is 1. The summed E-state index contributed by atoms with van der Waals surface area (Å²) >= 11 is -2.13. The van der Waals surface area contributed by atoms with Crippen molar-refractivity contribution in [1.82, 2.24) is 0 Å². The van der Waals surface area contributed by atoms with Gasteiger partial charge in [0.25, 0.3) is 0 Å². The Bertz CT molecular complexity index is 800. The molecule has 1 nitrogen and oxygen atoms in total. The molecule has 30 heavy (non-hydrogen) atoms. The maximum absolute atomic E-state index is 5.00. The first kappa shape index (κ1) is 27.9. The minimum atomic E-state index is -2.13. The molecule has 0 heterocycles. The van der Waals surface area contributed by atoms with Crippen molar-refractivity contribution in [2.75, 3.05) is 0 Å². The summed E-state index contributed by atoms with van der Waals surface area (Å²) in [7, 11) is 15.0. The molecule has 1 aliphatic carbocycles. The molecule has 0 spiro atoms. The third kappa shape index (κ3) is 6.93. The molecule has 4 atom stereocenters. The van der Waals surface area contributed by atoms with Crippen molar-refractivity contribution in [2.45, 2.75) is 47.5 Å². The summed E-state index contributed by atoms with van der Waals surface area (Å²) in [6.07, 6.45) is 2.08. The Morgan fingerprint density at radius 3 is 1.73 bits per heavy atom. The molecule has 0 N–H and O–H groups in total. The van der Waals surface area contributed by atoms with Crippen molar-refractivity contribution in [3.05, 3.63) is 72.1 Å². The first-order valence-corrected chi connectivity index (χ1v) is 19.7. The molecule has 0 aliphatic heterocycles. The number of hydrogen-bond donors (Lipinski definition) is 0. The van der Waals surface area contributed by atoms with Crippen LogP contribution in [0.15, 0.2) is 47.5 Å². The van der Waals surface area contributed by atoms with E-state index in [1.165, 1.54) is 22.3 Å². The van der Waals surface area contributed by atoms with Gasteiger partial charge in [-0.2, -0.15) is 0 Å². The molecule has 0 saturated heterocycles. The van der Waals surface area contributed by atoms with E-state index in [2.05, 4.69) is 90.2 Å². The van der Waals surface area contributed by atoms with Gasteiger partial charge in [-0.3, -0.25) is 4.99 Å². The van der Waals surface area contributed by atoms with Crippen LogP contribution in [0.1, 0.15) is 55.9 Å². The Morgan fingerprint density at radius 1 is 0.767 bits per heavy atom. The van der Waals surface area contributed by atoms with Gasteiger partial charge in [-0.05, 0) is 65.7 Å². The molecule has 0 radical (unpaired) electrons. The SMILES string of the molecule is Cc1cccc(C)c1N=Cc1ccccc1C1C(C)C(C)C(C)C1C.[CH3-].[Cl][Zr]([Cl])[Cl]. The van der Waals surface area contributed by atoms with Gasteiger partial charge in [-0.1, -0.05) is 70.2 Å². The van der Waals surface area contributed by atoms with Crippen molar-refractivity contribution in [1.29, 1.82) is 0 Å². The van der Waals surface area contributed by atoms with Crippen LogP contribution in [0.4, 0.5) is 5.69 Å². The van der Waals surface area contributed by atoms with E-state index >= 15 is 0 Å². The van der Waals surface area contributed by atoms with Crippen molar-refractivity contribution in [2.24, 2.45) is 28.7 Å². The van der Waals surface area contributed by atoms with Gasteiger partial charge in [0.1, 0.15) is 0 Å². The van der Waals surface area contributed by atoms with E-state index in [0.29, 0.717) is 17.8 Å². The fourth-order valence-electron chi connectivity index (χ4n) is 4.73. The monoisotopic (exact) mass is 543 g/mol. The average Bonchev–Trinajstić information content (AvgIpc) is 2.84. The fourth-order valence-corrected chi connectivity index (χ4v) is 4.73. The molecule has 2 aromatic carbocycles. The molecule has 3 rings (SSSR count). The summed E-state index contributed by atoms with van der Waals surface area (Å²) in [5, 5.41) is 0. The van der Waals surface area contributed by atoms with E-state index in [1.807, 2.05) is 0 Å². The summed E-state index contributed by atoms with van der Waals surface area (Å²) in [4.78, 5) is 4.87. The molecule has 4 unspecified atom stereocenters. The molecule has 165 valence electrons. The second-order valence-corrected chi connectivity index (χ2v) is 19.5. The Morgan fingerprint density at radius 2 is 1.23 bits per heavy atom. The number of aryl methyl sites for hydroxylation is 2. The number of aliphatic imine (C=N–C) groups is 1. The normalized spacial score (nSPS) is 25.4. The van der Waals surface area contributed by atoms with Crippen LogP contribution in [0, 0.1) is 44.9 Å². The van der Waals surface area contributed by atoms with Gasteiger partial charge in [0.15, 0.2) is 0 Å². The first-order chi connectivity index (χ1) is 13.6. The van der Waals surface area contributed by atoms with Crippen molar-refractivity contribution in [3.63, 3.8) is 0 Å². The van der Waals surface area contributed by atoms with Crippen LogP contribution in [0.2, 0.25) is 0 Å². The number of hydrogen-bond acceptors (Lipinski definition) is 1. The Kier molecular flexibility index (Phi) is 11.9. The molecule has 1 saturated carbocycles. The van der Waals surface area contributed by atoms with Crippen LogP contribution < -0.4 is 0 Å². The van der Waals surface area contributed by atoms with Gasteiger partial charge in [0.2, 0.25) is 0 Å². The summed E-state index contributed by atoms with van der Waals surface area (Å²) in [6.45, 7) is 14.0. The van der Waals surface area contributed by atoms with Gasteiger partial charge in [0, 0.05) is 6.21 Å². The van der Waals surface area contributed by atoms with Crippen LogP contribution in [0.25, 0.3) is 0 Å². The van der Waals surface area contributed by atoms with Gasteiger partial charge < -0.3 is 7.43 Å². The fraction of sp³-hybridized carbons (Fsp3) is 0.440. The summed E-state index contributed by atoms with van der Waals surface area (Å²) in [5.74, 6) is 3.57. The van der Waals surface area contributed by atoms with Gasteiger partial charge >= 0.3 is 43.7 Å². The number of halogens is 3. The predicted molar refractivity (Wildman–Crippen MR) is 133 cm³/mol.